The normalized spacial score (nSPS) is 17.0. The summed E-state index contributed by atoms with van der Waals surface area (Å²) in [6, 6.07) is 4.77. The van der Waals surface area contributed by atoms with Crippen molar-refractivity contribution in [2.45, 2.75) is 112 Å². The molecule has 1 aromatic carbocycles. The highest BCUT2D eigenvalue weighted by Crippen LogP contribution is 2.37. The first kappa shape index (κ1) is 24.7. The van der Waals surface area contributed by atoms with Gasteiger partial charge in [0.2, 0.25) is 0 Å². The lowest BCUT2D eigenvalue weighted by atomic mass is 9.77. The number of aryl methyl sites for hydroxylation is 2. The average Bonchev–Trinajstić information content (AvgIpc) is 2.75. The maximum Gasteiger partial charge on any atom is 0.0196 e. The first-order valence-corrected chi connectivity index (χ1v) is 13.4. The summed E-state index contributed by atoms with van der Waals surface area (Å²) in [5.41, 5.74) is 9.84. The predicted octanol–water partition coefficient (Wildman–Crippen LogP) is 9.38. The molecule has 1 aromatic rings. The van der Waals surface area contributed by atoms with Gasteiger partial charge in [0.05, 0.1) is 0 Å². The number of benzene rings is 1. The summed E-state index contributed by atoms with van der Waals surface area (Å²) in [5.74, 6) is 0.820. The Balaban J connectivity index is 1.80. The van der Waals surface area contributed by atoms with E-state index in [2.05, 4.69) is 75.4 Å². The van der Waals surface area contributed by atoms with Crippen molar-refractivity contribution in [3.05, 3.63) is 55.2 Å². The van der Waals surface area contributed by atoms with E-state index in [-0.39, 0.29) is 0 Å². The van der Waals surface area contributed by atoms with E-state index in [1.54, 1.807) is 27.8 Å². The molecule has 0 radical (unpaired) electrons. The standard InChI is InChI=1S/C28H43I/c1-6-21-17-19-23(26(9-4)25(21)8-3)15-13-11-12-14-16-24-20-18-22(7-2)28(29)27(24)10-5/h17-18,20,23H,6-16,19H2,1-5H3. The molecule has 0 nitrogen and oxygen atoms in total. The first-order valence-electron chi connectivity index (χ1n) is 12.3. The Morgan fingerprint density at radius 3 is 2.14 bits per heavy atom. The largest absolute Gasteiger partial charge is 0.0805 e. The second-order valence-electron chi connectivity index (χ2n) is 8.56. The molecule has 0 fully saturated rings. The van der Waals surface area contributed by atoms with Crippen LogP contribution in [0.15, 0.2) is 34.9 Å². The summed E-state index contributed by atoms with van der Waals surface area (Å²) >= 11 is 2.57. The smallest absolute Gasteiger partial charge is 0.0196 e. The molecule has 0 N–H and O–H groups in total. The minimum Gasteiger partial charge on any atom is -0.0805 e. The van der Waals surface area contributed by atoms with Gasteiger partial charge < -0.3 is 0 Å². The molecule has 0 aliphatic heterocycles. The Morgan fingerprint density at radius 2 is 1.52 bits per heavy atom. The minimum atomic E-state index is 0.820. The number of hydrogen-bond donors (Lipinski definition) is 0. The minimum absolute atomic E-state index is 0.820. The summed E-state index contributed by atoms with van der Waals surface area (Å²) in [6.45, 7) is 11.6. The Labute approximate surface area is 194 Å². The molecule has 0 heterocycles. The molecule has 1 atom stereocenters. The van der Waals surface area contributed by atoms with Gasteiger partial charge in [-0.15, -0.1) is 0 Å². The second kappa shape index (κ2) is 13.0. The van der Waals surface area contributed by atoms with Crippen LogP contribution in [0.4, 0.5) is 0 Å². The molecule has 0 saturated carbocycles. The molecule has 1 aliphatic rings. The molecule has 2 rings (SSSR count). The number of rotatable bonds is 12. The van der Waals surface area contributed by atoms with Crippen molar-refractivity contribution in [2.75, 3.05) is 0 Å². The van der Waals surface area contributed by atoms with Crippen molar-refractivity contribution in [1.29, 1.82) is 0 Å². The van der Waals surface area contributed by atoms with Gasteiger partial charge in [-0.1, -0.05) is 77.7 Å². The van der Waals surface area contributed by atoms with Gasteiger partial charge in [0.25, 0.3) is 0 Å². The molecule has 29 heavy (non-hydrogen) atoms. The maximum atomic E-state index is 2.57. The molecule has 0 bridgehead atoms. The van der Waals surface area contributed by atoms with Crippen LogP contribution in [0.5, 0.6) is 0 Å². The molecule has 0 aromatic heterocycles. The van der Waals surface area contributed by atoms with Crippen LogP contribution in [0, 0.1) is 9.49 Å². The van der Waals surface area contributed by atoms with Crippen molar-refractivity contribution in [2.24, 2.45) is 5.92 Å². The Hall–Kier alpha value is -0.570. The number of hydrogen-bond acceptors (Lipinski definition) is 0. The van der Waals surface area contributed by atoms with Gasteiger partial charge in [-0.05, 0) is 114 Å². The lowest BCUT2D eigenvalue weighted by molar-refractivity contribution is 0.489. The number of allylic oxidation sites excluding steroid dienone is 4. The van der Waals surface area contributed by atoms with Crippen molar-refractivity contribution < 1.29 is 0 Å². The highest BCUT2D eigenvalue weighted by molar-refractivity contribution is 14.1. The highest BCUT2D eigenvalue weighted by atomic mass is 127. The molecule has 162 valence electrons. The summed E-state index contributed by atoms with van der Waals surface area (Å²) < 4.78 is 1.52. The van der Waals surface area contributed by atoms with Crippen molar-refractivity contribution in [3.63, 3.8) is 0 Å². The van der Waals surface area contributed by atoms with Gasteiger partial charge in [0.1, 0.15) is 0 Å². The summed E-state index contributed by atoms with van der Waals surface area (Å²) in [5, 5.41) is 0. The SMILES string of the molecule is CCC1=CCC(CCCCCCc2ccc(CC)c(I)c2CC)C(CC)=C1CC. The summed E-state index contributed by atoms with van der Waals surface area (Å²) in [7, 11) is 0. The van der Waals surface area contributed by atoms with Gasteiger partial charge in [0, 0.05) is 3.57 Å². The fourth-order valence-corrected chi connectivity index (χ4v) is 6.56. The van der Waals surface area contributed by atoms with Crippen molar-refractivity contribution in [1.82, 2.24) is 0 Å². The lowest BCUT2D eigenvalue weighted by Gasteiger charge is -2.28. The van der Waals surface area contributed by atoms with E-state index in [4.69, 9.17) is 0 Å². The summed E-state index contributed by atoms with van der Waals surface area (Å²) in [4.78, 5) is 0. The molecule has 1 unspecified atom stereocenters. The van der Waals surface area contributed by atoms with Gasteiger partial charge in [-0.25, -0.2) is 0 Å². The summed E-state index contributed by atoms with van der Waals surface area (Å²) in [6.07, 6.45) is 18.0. The molecule has 1 aliphatic carbocycles. The van der Waals surface area contributed by atoms with Crippen molar-refractivity contribution in [3.8, 4) is 0 Å². The average molecular weight is 507 g/mol. The van der Waals surface area contributed by atoms with Gasteiger partial charge in [-0.2, -0.15) is 0 Å². The third-order valence-corrected chi connectivity index (χ3v) is 8.28. The van der Waals surface area contributed by atoms with E-state index < -0.39 is 0 Å². The van der Waals surface area contributed by atoms with Gasteiger partial charge >= 0.3 is 0 Å². The molecule has 0 saturated heterocycles. The predicted molar refractivity (Wildman–Crippen MR) is 139 cm³/mol. The zero-order chi connectivity index (χ0) is 21.2. The van der Waals surface area contributed by atoms with E-state index in [1.807, 2.05) is 0 Å². The zero-order valence-corrected chi connectivity index (χ0v) is 21.8. The van der Waals surface area contributed by atoms with E-state index in [0.29, 0.717) is 0 Å². The second-order valence-corrected chi connectivity index (χ2v) is 9.64. The Morgan fingerprint density at radius 1 is 0.793 bits per heavy atom. The quantitative estimate of drug-likeness (QED) is 0.196. The zero-order valence-electron chi connectivity index (χ0n) is 19.7. The van der Waals surface area contributed by atoms with Crippen LogP contribution < -0.4 is 0 Å². The third kappa shape index (κ3) is 6.45. The van der Waals surface area contributed by atoms with E-state index >= 15 is 0 Å². The Kier molecular flexibility index (Phi) is 11.0. The molecule has 0 spiro atoms. The number of halogens is 1. The van der Waals surface area contributed by atoms with Crippen molar-refractivity contribution >= 4 is 22.6 Å². The van der Waals surface area contributed by atoms with Crippen LogP contribution in [0.1, 0.15) is 109 Å². The van der Waals surface area contributed by atoms with Crippen LogP contribution in [0.2, 0.25) is 0 Å². The fraction of sp³-hybridized carbons (Fsp3) is 0.643. The monoisotopic (exact) mass is 506 g/mol. The van der Waals surface area contributed by atoms with Crippen LogP contribution in [0.3, 0.4) is 0 Å². The number of unbranched alkanes of at least 4 members (excludes halogenated alkanes) is 3. The maximum absolute atomic E-state index is 2.57. The van der Waals surface area contributed by atoms with E-state index in [0.717, 1.165) is 12.3 Å². The van der Waals surface area contributed by atoms with Crippen LogP contribution in [-0.2, 0) is 19.3 Å². The van der Waals surface area contributed by atoms with E-state index in [9.17, 15) is 0 Å². The van der Waals surface area contributed by atoms with Crippen LogP contribution >= 0.6 is 22.6 Å². The fourth-order valence-electron chi connectivity index (χ4n) is 5.27. The van der Waals surface area contributed by atoms with E-state index in [1.165, 1.54) is 79.8 Å². The lowest BCUT2D eigenvalue weighted by Crippen LogP contribution is -2.12. The van der Waals surface area contributed by atoms with Crippen LogP contribution in [0.25, 0.3) is 0 Å². The topological polar surface area (TPSA) is 0 Å². The molecule has 0 amide bonds. The molecule has 1 heteroatoms. The third-order valence-electron chi connectivity index (χ3n) is 6.94. The van der Waals surface area contributed by atoms with Gasteiger partial charge in [0.15, 0.2) is 0 Å². The van der Waals surface area contributed by atoms with Gasteiger partial charge in [-0.3, -0.25) is 0 Å². The molecular formula is C28H43I. The first-order chi connectivity index (χ1) is 14.1. The highest BCUT2D eigenvalue weighted by Gasteiger charge is 2.21. The van der Waals surface area contributed by atoms with Crippen LogP contribution in [-0.4, -0.2) is 0 Å². The Bertz CT molecular complexity index is 707. The molecular weight excluding hydrogens is 463 g/mol.